The second-order valence-corrected chi connectivity index (χ2v) is 7.92. The molecule has 2 aliphatic carbocycles. The van der Waals surface area contributed by atoms with Crippen LogP contribution in [0.5, 0.6) is 0 Å². The maximum absolute atomic E-state index is 13.6. The molecule has 2 atom stereocenters. The van der Waals surface area contributed by atoms with Gasteiger partial charge in [0.1, 0.15) is 0 Å². The zero-order valence-corrected chi connectivity index (χ0v) is 15.7. The summed E-state index contributed by atoms with van der Waals surface area (Å²) in [5.41, 5.74) is 6.27. The molecule has 0 fully saturated rings. The summed E-state index contributed by atoms with van der Waals surface area (Å²) in [7, 11) is 0. The van der Waals surface area contributed by atoms with Crippen LogP contribution in [0.2, 0.25) is 0 Å². The van der Waals surface area contributed by atoms with Gasteiger partial charge in [-0.25, -0.2) is 13.2 Å². The van der Waals surface area contributed by atoms with Gasteiger partial charge in [-0.05, 0) is 96.7 Å². The summed E-state index contributed by atoms with van der Waals surface area (Å²) in [5, 5.41) is 0. The molecule has 0 spiro atoms. The molecule has 0 N–H and O–H groups in total. The Labute approximate surface area is 159 Å². The fourth-order valence-corrected chi connectivity index (χ4v) is 4.78. The van der Waals surface area contributed by atoms with Crippen LogP contribution >= 0.6 is 0 Å². The minimum absolute atomic E-state index is 0.0453. The van der Waals surface area contributed by atoms with Crippen LogP contribution in [0.4, 0.5) is 13.2 Å². The minimum atomic E-state index is -1.38. The van der Waals surface area contributed by atoms with Gasteiger partial charge < -0.3 is 0 Å². The molecule has 142 valence electrons. The van der Waals surface area contributed by atoms with Crippen LogP contribution in [-0.4, -0.2) is 0 Å². The molecular formula is C24H25F3. The largest absolute Gasteiger partial charge is 0.204 e. The van der Waals surface area contributed by atoms with E-state index in [9.17, 15) is 13.2 Å². The van der Waals surface area contributed by atoms with Crippen LogP contribution in [0.3, 0.4) is 0 Å². The highest BCUT2D eigenvalue weighted by Gasteiger charge is 2.27. The maximum Gasteiger partial charge on any atom is 0.194 e. The minimum Gasteiger partial charge on any atom is -0.204 e. The Morgan fingerprint density at radius 1 is 0.926 bits per heavy atom. The van der Waals surface area contributed by atoms with Gasteiger partial charge in [-0.15, -0.1) is 0 Å². The third-order valence-electron chi connectivity index (χ3n) is 6.20. The molecule has 0 radical (unpaired) electrons. The number of halogens is 3. The van der Waals surface area contributed by atoms with Gasteiger partial charge in [0.25, 0.3) is 0 Å². The smallest absolute Gasteiger partial charge is 0.194 e. The number of rotatable bonds is 3. The summed E-state index contributed by atoms with van der Waals surface area (Å²) in [6.07, 6.45) is 11.7. The summed E-state index contributed by atoms with van der Waals surface area (Å²) in [6, 6.07) is 6.77. The normalized spacial score (nSPS) is 21.9. The SMILES string of the molecule is CCC=C[C@H]1CCc2c(ccc3c2CC[C@H](c2cc(F)c(F)c(F)c2)C3)C1. The lowest BCUT2D eigenvalue weighted by atomic mass is 9.74. The Morgan fingerprint density at radius 3 is 2.22 bits per heavy atom. The molecule has 4 rings (SSSR count). The number of hydrogen-bond acceptors (Lipinski definition) is 0. The van der Waals surface area contributed by atoms with Crippen molar-refractivity contribution in [1.29, 1.82) is 0 Å². The van der Waals surface area contributed by atoms with Gasteiger partial charge in [0.15, 0.2) is 17.5 Å². The Morgan fingerprint density at radius 2 is 1.56 bits per heavy atom. The first-order valence-electron chi connectivity index (χ1n) is 10.0. The van der Waals surface area contributed by atoms with Gasteiger partial charge in [0, 0.05) is 0 Å². The second kappa shape index (κ2) is 7.53. The first-order chi connectivity index (χ1) is 13.1. The topological polar surface area (TPSA) is 0 Å². The van der Waals surface area contributed by atoms with E-state index >= 15 is 0 Å². The lowest BCUT2D eigenvalue weighted by molar-refractivity contribution is 0.441. The van der Waals surface area contributed by atoms with Crippen molar-refractivity contribution in [2.45, 2.75) is 57.8 Å². The first kappa shape index (κ1) is 18.3. The van der Waals surface area contributed by atoms with E-state index in [1.54, 1.807) is 0 Å². The Hall–Kier alpha value is -2.03. The summed E-state index contributed by atoms with van der Waals surface area (Å²) in [6.45, 7) is 2.17. The van der Waals surface area contributed by atoms with Crippen molar-refractivity contribution >= 4 is 0 Å². The molecule has 0 bridgehead atoms. The number of fused-ring (bicyclic) bond motifs is 3. The van der Waals surface area contributed by atoms with Gasteiger partial charge in [0.2, 0.25) is 0 Å². The molecule has 0 heterocycles. The highest BCUT2D eigenvalue weighted by atomic mass is 19.2. The van der Waals surface area contributed by atoms with E-state index in [-0.39, 0.29) is 5.92 Å². The number of benzene rings is 2. The van der Waals surface area contributed by atoms with Crippen molar-refractivity contribution < 1.29 is 13.2 Å². The molecule has 0 aromatic heterocycles. The average Bonchev–Trinajstić information content (AvgIpc) is 2.69. The predicted octanol–water partition coefficient (Wildman–Crippen LogP) is 6.45. The van der Waals surface area contributed by atoms with Crippen LogP contribution in [-0.2, 0) is 25.7 Å². The van der Waals surface area contributed by atoms with Crippen LogP contribution in [0, 0.1) is 23.4 Å². The van der Waals surface area contributed by atoms with E-state index in [0.717, 1.165) is 50.7 Å². The molecule has 27 heavy (non-hydrogen) atoms. The van der Waals surface area contributed by atoms with E-state index in [4.69, 9.17) is 0 Å². The van der Waals surface area contributed by atoms with Crippen LogP contribution in [0.1, 0.15) is 59.9 Å². The van der Waals surface area contributed by atoms with Gasteiger partial charge in [0.05, 0.1) is 0 Å². The second-order valence-electron chi connectivity index (χ2n) is 7.92. The van der Waals surface area contributed by atoms with E-state index in [1.165, 1.54) is 28.7 Å². The third-order valence-corrected chi connectivity index (χ3v) is 6.20. The molecule has 0 nitrogen and oxygen atoms in total. The van der Waals surface area contributed by atoms with E-state index in [2.05, 4.69) is 31.2 Å². The monoisotopic (exact) mass is 370 g/mol. The van der Waals surface area contributed by atoms with Crippen molar-refractivity contribution in [2.24, 2.45) is 5.92 Å². The van der Waals surface area contributed by atoms with Crippen LogP contribution < -0.4 is 0 Å². The molecule has 0 aliphatic heterocycles. The summed E-state index contributed by atoms with van der Waals surface area (Å²) >= 11 is 0. The van der Waals surface area contributed by atoms with Gasteiger partial charge in [-0.1, -0.05) is 31.2 Å². The molecule has 2 aliphatic rings. The van der Waals surface area contributed by atoms with Crippen LogP contribution in [0.15, 0.2) is 36.4 Å². The molecule has 0 amide bonds. The lowest BCUT2D eigenvalue weighted by Gasteiger charge is -2.31. The van der Waals surface area contributed by atoms with Crippen molar-refractivity contribution in [3.05, 3.63) is 81.7 Å². The molecular weight excluding hydrogens is 345 g/mol. The summed E-state index contributed by atoms with van der Waals surface area (Å²) in [5.74, 6) is -2.88. The Kier molecular flexibility index (Phi) is 5.12. The van der Waals surface area contributed by atoms with Crippen molar-refractivity contribution in [3.8, 4) is 0 Å². The first-order valence-corrected chi connectivity index (χ1v) is 10.0. The van der Waals surface area contributed by atoms with Gasteiger partial charge in [-0.2, -0.15) is 0 Å². The van der Waals surface area contributed by atoms with Gasteiger partial charge in [-0.3, -0.25) is 0 Å². The van der Waals surface area contributed by atoms with Crippen molar-refractivity contribution in [1.82, 2.24) is 0 Å². The van der Waals surface area contributed by atoms with E-state index in [1.807, 2.05) is 0 Å². The molecule has 0 saturated heterocycles. The van der Waals surface area contributed by atoms with E-state index < -0.39 is 17.5 Å². The number of allylic oxidation sites excluding steroid dienone is 2. The van der Waals surface area contributed by atoms with E-state index in [0.29, 0.717) is 11.5 Å². The fourth-order valence-electron chi connectivity index (χ4n) is 4.78. The molecule has 0 unspecified atom stereocenters. The Balaban J connectivity index is 1.58. The zero-order valence-electron chi connectivity index (χ0n) is 15.7. The highest BCUT2D eigenvalue weighted by Crippen LogP contribution is 2.39. The molecule has 2 aromatic rings. The van der Waals surface area contributed by atoms with Gasteiger partial charge >= 0.3 is 0 Å². The fraction of sp³-hybridized carbons (Fsp3) is 0.417. The standard InChI is InChI=1S/C24H25F3/c1-2-3-4-15-5-9-20-17(11-15)6-7-18-12-16(8-10-21(18)20)19-13-22(25)24(27)23(26)14-19/h3-4,6-7,13-16H,2,5,8-12H2,1H3/t15-,16-/m0/s1. The Bertz CT molecular complexity index is 858. The predicted molar refractivity (Wildman–Crippen MR) is 102 cm³/mol. The quantitative estimate of drug-likeness (QED) is 0.430. The lowest BCUT2D eigenvalue weighted by Crippen LogP contribution is -2.20. The number of hydrogen-bond donors (Lipinski definition) is 0. The molecule has 2 aromatic carbocycles. The van der Waals surface area contributed by atoms with Crippen LogP contribution in [0.25, 0.3) is 0 Å². The molecule has 3 heteroatoms. The van der Waals surface area contributed by atoms with Crippen molar-refractivity contribution in [3.63, 3.8) is 0 Å². The zero-order chi connectivity index (χ0) is 19.0. The van der Waals surface area contributed by atoms with Crippen molar-refractivity contribution in [2.75, 3.05) is 0 Å². The highest BCUT2D eigenvalue weighted by molar-refractivity contribution is 5.46. The summed E-state index contributed by atoms with van der Waals surface area (Å²) in [4.78, 5) is 0. The average molecular weight is 370 g/mol. The summed E-state index contributed by atoms with van der Waals surface area (Å²) < 4.78 is 40.5. The maximum atomic E-state index is 13.6. The third kappa shape index (κ3) is 3.56. The molecule has 0 saturated carbocycles.